The molecule has 0 aromatic carbocycles. The number of alkyl halides is 3. The standard InChI is InChI=1S/C7H12F3N/c1-5(2)6(11)3-4-7(8,9)10/h6H,1,3-4,11H2,2H3. The van der Waals surface area contributed by atoms with Crippen LogP contribution in [-0.2, 0) is 0 Å². The molecule has 2 N–H and O–H groups in total. The molecule has 0 heterocycles. The quantitative estimate of drug-likeness (QED) is 0.641. The Morgan fingerprint density at radius 1 is 1.55 bits per heavy atom. The molecule has 1 atom stereocenters. The van der Waals surface area contributed by atoms with Gasteiger partial charge in [-0.05, 0) is 13.3 Å². The molecule has 1 unspecified atom stereocenters. The second-order valence-electron chi connectivity index (χ2n) is 2.61. The molecule has 0 bridgehead atoms. The average molecular weight is 167 g/mol. The molecule has 0 spiro atoms. The fourth-order valence-corrected chi connectivity index (χ4v) is 0.566. The van der Waals surface area contributed by atoms with Crippen LogP contribution in [0.2, 0.25) is 0 Å². The fourth-order valence-electron chi connectivity index (χ4n) is 0.566. The van der Waals surface area contributed by atoms with Gasteiger partial charge in [-0.1, -0.05) is 12.2 Å². The van der Waals surface area contributed by atoms with E-state index < -0.39 is 18.6 Å². The van der Waals surface area contributed by atoms with E-state index in [2.05, 4.69) is 6.58 Å². The molecule has 1 nitrogen and oxygen atoms in total. The van der Waals surface area contributed by atoms with Crippen molar-refractivity contribution in [2.75, 3.05) is 0 Å². The van der Waals surface area contributed by atoms with Gasteiger partial charge in [0.1, 0.15) is 0 Å². The molecule has 0 amide bonds. The van der Waals surface area contributed by atoms with E-state index in [4.69, 9.17) is 5.73 Å². The van der Waals surface area contributed by atoms with Crippen molar-refractivity contribution in [3.63, 3.8) is 0 Å². The van der Waals surface area contributed by atoms with Crippen molar-refractivity contribution in [1.29, 1.82) is 0 Å². The Hall–Kier alpha value is -0.510. The Kier molecular flexibility index (Phi) is 3.58. The van der Waals surface area contributed by atoms with Crippen LogP contribution in [0.25, 0.3) is 0 Å². The van der Waals surface area contributed by atoms with Crippen molar-refractivity contribution in [1.82, 2.24) is 0 Å². The maximum atomic E-state index is 11.6. The molecule has 0 aliphatic rings. The number of hydrogen-bond acceptors (Lipinski definition) is 1. The zero-order chi connectivity index (χ0) is 9.07. The SMILES string of the molecule is C=C(C)C(N)CCC(F)(F)F. The third kappa shape index (κ3) is 5.91. The summed E-state index contributed by atoms with van der Waals surface area (Å²) in [6.07, 6.45) is -5.01. The summed E-state index contributed by atoms with van der Waals surface area (Å²) >= 11 is 0. The van der Waals surface area contributed by atoms with Crippen LogP contribution in [-0.4, -0.2) is 12.2 Å². The molecule has 0 aromatic rings. The third-order valence-corrected chi connectivity index (χ3v) is 1.37. The van der Waals surface area contributed by atoms with Gasteiger partial charge in [-0.2, -0.15) is 13.2 Å². The van der Waals surface area contributed by atoms with E-state index in [1.807, 2.05) is 0 Å². The van der Waals surface area contributed by atoms with Crippen molar-refractivity contribution in [3.05, 3.63) is 12.2 Å². The highest BCUT2D eigenvalue weighted by Gasteiger charge is 2.27. The summed E-state index contributed by atoms with van der Waals surface area (Å²) in [5.74, 6) is 0. The van der Waals surface area contributed by atoms with Gasteiger partial charge in [0, 0.05) is 12.5 Å². The lowest BCUT2D eigenvalue weighted by atomic mass is 10.1. The van der Waals surface area contributed by atoms with E-state index in [0.29, 0.717) is 5.57 Å². The smallest absolute Gasteiger partial charge is 0.324 e. The Labute approximate surface area is 64.1 Å². The van der Waals surface area contributed by atoms with Gasteiger partial charge in [-0.3, -0.25) is 0 Å². The van der Waals surface area contributed by atoms with Crippen molar-refractivity contribution in [2.45, 2.75) is 32.0 Å². The molecule has 4 heteroatoms. The molecule has 11 heavy (non-hydrogen) atoms. The molecule has 0 saturated carbocycles. The number of nitrogens with two attached hydrogens (primary N) is 1. The first kappa shape index (κ1) is 10.5. The van der Waals surface area contributed by atoms with Gasteiger partial charge in [0.15, 0.2) is 0 Å². The largest absolute Gasteiger partial charge is 0.389 e. The van der Waals surface area contributed by atoms with E-state index in [1.165, 1.54) is 0 Å². The van der Waals surface area contributed by atoms with Gasteiger partial charge in [-0.25, -0.2) is 0 Å². The van der Waals surface area contributed by atoms with E-state index in [9.17, 15) is 13.2 Å². The molecule has 0 radical (unpaired) electrons. The predicted molar refractivity (Wildman–Crippen MR) is 38.1 cm³/mol. The molecule has 0 fully saturated rings. The molecule has 0 aromatic heterocycles. The van der Waals surface area contributed by atoms with Crippen molar-refractivity contribution in [2.24, 2.45) is 5.73 Å². The van der Waals surface area contributed by atoms with Gasteiger partial charge in [-0.15, -0.1) is 0 Å². The highest BCUT2D eigenvalue weighted by molar-refractivity contribution is 4.99. The number of hydrogen-bond donors (Lipinski definition) is 1. The number of rotatable bonds is 3. The van der Waals surface area contributed by atoms with Gasteiger partial charge in [0.25, 0.3) is 0 Å². The summed E-state index contributed by atoms with van der Waals surface area (Å²) in [6, 6.07) is -0.531. The van der Waals surface area contributed by atoms with Crippen LogP contribution in [0.1, 0.15) is 19.8 Å². The van der Waals surface area contributed by atoms with Crippen LogP contribution in [0.5, 0.6) is 0 Å². The first-order valence-corrected chi connectivity index (χ1v) is 3.30. The van der Waals surface area contributed by atoms with E-state index >= 15 is 0 Å². The molecule has 0 aliphatic heterocycles. The molecular weight excluding hydrogens is 155 g/mol. The summed E-state index contributed by atoms with van der Waals surface area (Å²) in [7, 11) is 0. The summed E-state index contributed by atoms with van der Waals surface area (Å²) in [5, 5.41) is 0. The monoisotopic (exact) mass is 167 g/mol. The Bertz CT molecular complexity index is 139. The topological polar surface area (TPSA) is 26.0 Å². The Morgan fingerprint density at radius 2 is 2.00 bits per heavy atom. The van der Waals surface area contributed by atoms with Crippen LogP contribution >= 0.6 is 0 Å². The van der Waals surface area contributed by atoms with Gasteiger partial charge < -0.3 is 5.73 Å². The lowest BCUT2D eigenvalue weighted by Crippen LogP contribution is -2.23. The van der Waals surface area contributed by atoms with Crippen LogP contribution < -0.4 is 5.73 Å². The third-order valence-electron chi connectivity index (χ3n) is 1.37. The van der Waals surface area contributed by atoms with E-state index in [0.717, 1.165) is 0 Å². The zero-order valence-corrected chi connectivity index (χ0v) is 6.41. The first-order chi connectivity index (χ1) is 4.83. The summed E-state index contributed by atoms with van der Waals surface area (Å²) in [5.41, 5.74) is 5.92. The molecular formula is C7H12F3N. The molecule has 0 rings (SSSR count). The highest BCUT2D eigenvalue weighted by atomic mass is 19.4. The molecule has 66 valence electrons. The van der Waals surface area contributed by atoms with E-state index in [-0.39, 0.29) is 6.42 Å². The molecule has 0 saturated heterocycles. The predicted octanol–water partition coefficient (Wildman–Crippen LogP) is 2.23. The van der Waals surface area contributed by atoms with Gasteiger partial charge in [0.2, 0.25) is 0 Å². The summed E-state index contributed by atoms with van der Waals surface area (Å²) in [4.78, 5) is 0. The summed E-state index contributed by atoms with van der Waals surface area (Å²) < 4.78 is 34.8. The van der Waals surface area contributed by atoms with Gasteiger partial charge >= 0.3 is 6.18 Å². The minimum atomic E-state index is -4.10. The molecule has 0 aliphatic carbocycles. The van der Waals surface area contributed by atoms with Crippen molar-refractivity contribution < 1.29 is 13.2 Å². The normalized spacial score (nSPS) is 14.6. The maximum Gasteiger partial charge on any atom is 0.389 e. The van der Waals surface area contributed by atoms with Crippen LogP contribution in [0.15, 0.2) is 12.2 Å². The average Bonchev–Trinajstić information content (AvgIpc) is 1.80. The van der Waals surface area contributed by atoms with Crippen LogP contribution in [0.3, 0.4) is 0 Å². The lowest BCUT2D eigenvalue weighted by Gasteiger charge is -2.12. The van der Waals surface area contributed by atoms with Crippen molar-refractivity contribution in [3.8, 4) is 0 Å². The van der Waals surface area contributed by atoms with Gasteiger partial charge in [0.05, 0.1) is 0 Å². The van der Waals surface area contributed by atoms with Crippen molar-refractivity contribution >= 4 is 0 Å². The maximum absolute atomic E-state index is 11.6. The van der Waals surface area contributed by atoms with E-state index in [1.54, 1.807) is 6.92 Å². The lowest BCUT2D eigenvalue weighted by molar-refractivity contribution is -0.135. The summed E-state index contributed by atoms with van der Waals surface area (Å²) in [6.45, 7) is 5.09. The second kappa shape index (κ2) is 3.76. The Balaban J connectivity index is 3.63. The zero-order valence-electron chi connectivity index (χ0n) is 6.41. The van der Waals surface area contributed by atoms with Crippen LogP contribution in [0.4, 0.5) is 13.2 Å². The number of halogens is 3. The highest BCUT2D eigenvalue weighted by Crippen LogP contribution is 2.22. The van der Waals surface area contributed by atoms with Crippen LogP contribution in [0, 0.1) is 0 Å². The Morgan fingerprint density at radius 3 is 2.27 bits per heavy atom. The second-order valence-corrected chi connectivity index (χ2v) is 2.61. The minimum Gasteiger partial charge on any atom is -0.324 e. The first-order valence-electron chi connectivity index (χ1n) is 3.30. The fraction of sp³-hybridized carbons (Fsp3) is 0.714. The minimum absolute atomic E-state index is 0.0706.